The fourth-order valence-electron chi connectivity index (χ4n) is 4.45. The minimum atomic E-state index is 0.821. The van der Waals surface area contributed by atoms with Crippen molar-refractivity contribution in [3.63, 3.8) is 0 Å². The molecule has 164 valence electrons. The Bertz CT molecular complexity index is 1200. The molecule has 6 heteroatoms. The van der Waals surface area contributed by atoms with Gasteiger partial charge in [-0.1, -0.05) is 12.1 Å². The van der Waals surface area contributed by atoms with Crippen molar-refractivity contribution in [3.8, 4) is 28.1 Å². The summed E-state index contributed by atoms with van der Waals surface area (Å²) in [6.45, 7) is 4.33. The number of aromatic nitrogens is 2. The van der Waals surface area contributed by atoms with E-state index >= 15 is 0 Å². The lowest BCUT2D eigenvalue weighted by Crippen LogP contribution is -2.44. The third-order valence-electron chi connectivity index (χ3n) is 6.31. The van der Waals surface area contributed by atoms with Gasteiger partial charge in [0.05, 0.1) is 12.8 Å². The molecule has 0 amide bonds. The summed E-state index contributed by atoms with van der Waals surface area (Å²) < 4.78 is 5.57. The van der Waals surface area contributed by atoms with Gasteiger partial charge in [0.25, 0.3) is 0 Å². The number of anilines is 2. The van der Waals surface area contributed by atoms with Gasteiger partial charge in [0.2, 0.25) is 0 Å². The topological polar surface area (TPSA) is 56.4 Å². The zero-order chi connectivity index (χ0) is 22.1. The molecule has 0 unspecified atom stereocenters. The zero-order valence-electron chi connectivity index (χ0n) is 18.9. The number of aromatic amines is 1. The van der Waals surface area contributed by atoms with Crippen LogP contribution in [0.5, 0.6) is 5.75 Å². The zero-order valence-corrected chi connectivity index (χ0v) is 18.9. The van der Waals surface area contributed by atoms with Crippen molar-refractivity contribution >= 4 is 22.4 Å². The second-order valence-electron chi connectivity index (χ2n) is 8.31. The molecule has 0 radical (unpaired) electrons. The molecule has 3 heterocycles. The maximum absolute atomic E-state index is 5.57. The quantitative estimate of drug-likeness (QED) is 0.484. The maximum atomic E-state index is 5.57. The number of nitrogens with one attached hydrogen (secondary N) is 2. The van der Waals surface area contributed by atoms with Crippen LogP contribution in [0.4, 0.5) is 11.4 Å². The monoisotopic (exact) mass is 427 g/mol. The molecule has 1 fully saturated rings. The highest BCUT2D eigenvalue weighted by Gasteiger charge is 2.18. The largest absolute Gasteiger partial charge is 0.497 e. The number of pyridine rings is 1. The van der Waals surface area contributed by atoms with Crippen LogP contribution in [-0.4, -0.2) is 62.3 Å². The maximum Gasteiger partial charge on any atom is 0.138 e. The van der Waals surface area contributed by atoms with Crippen molar-refractivity contribution in [1.82, 2.24) is 14.9 Å². The van der Waals surface area contributed by atoms with Gasteiger partial charge in [-0.2, -0.15) is 0 Å². The molecular formula is C26H29N5O. The summed E-state index contributed by atoms with van der Waals surface area (Å²) in [6, 6.07) is 19.2. The van der Waals surface area contributed by atoms with Gasteiger partial charge in [-0.05, 0) is 54.6 Å². The van der Waals surface area contributed by atoms with Crippen LogP contribution < -0.4 is 15.0 Å². The Morgan fingerprint density at radius 1 is 0.969 bits per heavy atom. The molecule has 1 saturated heterocycles. The van der Waals surface area contributed by atoms with E-state index in [1.54, 1.807) is 7.11 Å². The van der Waals surface area contributed by atoms with E-state index in [2.05, 4.69) is 74.6 Å². The highest BCUT2D eigenvalue weighted by molar-refractivity contribution is 6.03. The first kappa shape index (κ1) is 20.4. The first-order valence-corrected chi connectivity index (χ1v) is 11.0. The molecule has 6 nitrogen and oxygen atoms in total. The Balaban J connectivity index is 1.60. The Morgan fingerprint density at radius 3 is 2.47 bits per heavy atom. The summed E-state index contributed by atoms with van der Waals surface area (Å²) in [4.78, 5) is 13.0. The standard InChI is InChI=1S/C26H29N5O/c1-27-20-15-19(16-22(17-20)32-3)24-23-5-4-10-28-26(23)29-25(24)18-6-8-21(9-7-18)31-13-11-30(2)12-14-31/h4-10,15-17,27H,11-14H2,1-3H3,(H,28,29). The van der Waals surface area contributed by atoms with Crippen LogP contribution in [0.1, 0.15) is 0 Å². The van der Waals surface area contributed by atoms with Crippen LogP contribution in [0.15, 0.2) is 60.8 Å². The van der Waals surface area contributed by atoms with E-state index < -0.39 is 0 Å². The van der Waals surface area contributed by atoms with Crippen LogP contribution in [0.25, 0.3) is 33.4 Å². The Hall–Kier alpha value is -3.51. The highest BCUT2D eigenvalue weighted by Crippen LogP contribution is 2.40. The average molecular weight is 428 g/mol. The molecule has 2 aromatic carbocycles. The van der Waals surface area contributed by atoms with Crippen molar-refractivity contribution in [2.75, 3.05) is 57.6 Å². The number of methoxy groups -OCH3 is 1. The molecule has 1 aliphatic heterocycles. The molecule has 0 spiro atoms. The molecule has 2 aromatic heterocycles. The van der Waals surface area contributed by atoms with Crippen LogP contribution in [0.3, 0.4) is 0 Å². The van der Waals surface area contributed by atoms with Gasteiger partial charge in [-0.15, -0.1) is 0 Å². The number of H-pyrrole nitrogens is 1. The highest BCUT2D eigenvalue weighted by atomic mass is 16.5. The van der Waals surface area contributed by atoms with E-state index in [1.165, 1.54) is 5.69 Å². The Morgan fingerprint density at radius 2 is 1.75 bits per heavy atom. The van der Waals surface area contributed by atoms with Crippen molar-refractivity contribution in [3.05, 3.63) is 60.8 Å². The summed E-state index contributed by atoms with van der Waals surface area (Å²) in [6.07, 6.45) is 1.83. The van der Waals surface area contributed by atoms with Gasteiger partial charge in [0.1, 0.15) is 11.4 Å². The number of likely N-dealkylation sites (N-methyl/N-ethyl adjacent to an activating group) is 1. The molecule has 0 bridgehead atoms. The molecular weight excluding hydrogens is 398 g/mol. The van der Waals surface area contributed by atoms with Crippen molar-refractivity contribution in [1.29, 1.82) is 0 Å². The number of rotatable bonds is 5. The molecule has 0 saturated carbocycles. The van der Waals surface area contributed by atoms with Crippen LogP contribution in [0, 0.1) is 0 Å². The van der Waals surface area contributed by atoms with Gasteiger partial charge >= 0.3 is 0 Å². The lowest BCUT2D eigenvalue weighted by molar-refractivity contribution is 0.313. The van der Waals surface area contributed by atoms with Gasteiger partial charge in [-0.3, -0.25) is 0 Å². The molecule has 32 heavy (non-hydrogen) atoms. The van der Waals surface area contributed by atoms with Gasteiger partial charge in [0, 0.05) is 67.8 Å². The van der Waals surface area contributed by atoms with Crippen LogP contribution in [-0.2, 0) is 0 Å². The van der Waals surface area contributed by atoms with Crippen LogP contribution in [0.2, 0.25) is 0 Å². The first-order chi connectivity index (χ1) is 15.7. The number of piperazine rings is 1. The smallest absolute Gasteiger partial charge is 0.138 e. The fraction of sp³-hybridized carbons (Fsp3) is 0.269. The average Bonchev–Trinajstić information content (AvgIpc) is 3.24. The second kappa shape index (κ2) is 8.55. The summed E-state index contributed by atoms with van der Waals surface area (Å²) in [5.74, 6) is 0.821. The third kappa shape index (κ3) is 3.78. The van der Waals surface area contributed by atoms with Gasteiger partial charge in [-0.25, -0.2) is 4.98 Å². The van der Waals surface area contributed by atoms with E-state index in [0.29, 0.717) is 0 Å². The predicted molar refractivity (Wildman–Crippen MR) is 133 cm³/mol. The lowest BCUT2D eigenvalue weighted by Gasteiger charge is -2.34. The van der Waals surface area contributed by atoms with E-state index in [-0.39, 0.29) is 0 Å². The second-order valence-corrected chi connectivity index (χ2v) is 8.31. The summed E-state index contributed by atoms with van der Waals surface area (Å²) in [7, 11) is 5.81. The van der Waals surface area contributed by atoms with Gasteiger partial charge < -0.3 is 24.8 Å². The predicted octanol–water partition coefficient (Wildman–Crippen LogP) is 4.70. The molecule has 4 aromatic rings. The fourth-order valence-corrected chi connectivity index (χ4v) is 4.45. The lowest BCUT2D eigenvalue weighted by atomic mass is 9.98. The minimum absolute atomic E-state index is 0.821. The Kier molecular flexibility index (Phi) is 5.45. The third-order valence-corrected chi connectivity index (χ3v) is 6.31. The van der Waals surface area contributed by atoms with Crippen molar-refractivity contribution in [2.24, 2.45) is 0 Å². The molecule has 5 rings (SSSR count). The van der Waals surface area contributed by atoms with Crippen molar-refractivity contribution in [2.45, 2.75) is 0 Å². The van der Waals surface area contributed by atoms with E-state index in [1.807, 2.05) is 25.4 Å². The molecule has 2 N–H and O–H groups in total. The number of ether oxygens (including phenoxy) is 1. The van der Waals surface area contributed by atoms with Gasteiger partial charge in [0.15, 0.2) is 0 Å². The number of fused-ring (bicyclic) bond motifs is 1. The van der Waals surface area contributed by atoms with E-state index in [9.17, 15) is 0 Å². The summed E-state index contributed by atoms with van der Waals surface area (Å²) >= 11 is 0. The number of nitrogens with zero attached hydrogens (tertiary/aromatic N) is 3. The van der Waals surface area contributed by atoms with Crippen molar-refractivity contribution < 1.29 is 4.74 Å². The SMILES string of the molecule is CNc1cc(OC)cc(-c2c(-c3ccc(N4CCN(C)CC4)cc3)[nH]c3ncccc23)c1. The number of hydrogen-bond donors (Lipinski definition) is 2. The number of hydrogen-bond acceptors (Lipinski definition) is 5. The molecule has 0 atom stereocenters. The summed E-state index contributed by atoms with van der Waals surface area (Å²) in [5.41, 5.74) is 7.60. The molecule has 1 aliphatic rings. The first-order valence-electron chi connectivity index (χ1n) is 11.0. The Labute approximate surface area is 188 Å². The normalized spacial score (nSPS) is 14.7. The molecule has 0 aliphatic carbocycles. The minimum Gasteiger partial charge on any atom is -0.497 e. The van der Waals surface area contributed by atoms with E-state index in [4.69, 9.17) is 4.74 Å². The van der Waals surface area contributed by atoms with E-state index in [0.717, 1.165) is 71.0 Å². The van der Waals surface area contributed by atoms with Crippen LogP contribution >= 0.6 is 0 Å². The summed E-state index contributed by atoms with van der Waals surface area (Å²) in [5, 5.41) is 4.34. The number of benzene rings is 2.